The fourth-order valence-electron chi connectivity index (χ4n) is 2.34. The Labute approximate surface area is 136 Å². The van der Waals surface area contributed by atoms with Gasteiger partial charge >= 0.3 is 5.97 Å². The molecular weight excluding hydrogens is 300 g/mol. The molecule has 0 unspecified atom stereocenters. The summed E-state index contributed by atoms with van der Waals surface area (Å²) >= 11 is 0. The van der Waals surface area contributed by atoms with E-state index in [1.807, 2.05) is 13.8 Å². The molecule has 0 bridgehead atoms. The molecule has 0 aromatic heterocycles. The van der Waals surface area contributed by atoms with Gasteiger partial charge in [-0.05, 0) is 26.7 Å². The highest BCUT2D eigenvalue weighted by Gasteiger charge is 2.48. The molecule has 2 aliphatic heterocycles. The van der Waals surface area contributed by atoms with Crippen LogP contribution in [0.15, 0.2) is 36.8 Å². The number of carbonyl (C=O) groups is 1. The molecular formula is C17H24O6. The molecule has 2 heterocycles. The first-order chi connectivity index (χ1) is 11.0. The minimum atomic E-state index is -0.713. The Balaban J connectivity index is 2.14. The van der Waals surface area contributed by atoms with Gasteiger partial charge in [0.25, 0.3) is 0 Å². The van der Waals surface area contributed by atoms with Crippen LogP contribution in [-0.4, -0.2) is 43.8 Å². The van der Waals surface area contributed by atoms with Crippen molar-refractivity contribution in [1.29, 1.82) is 0 Å². The van der Waals surface area contributed by atoms with Gasteiger partial charge in [0, 0.05) is 0 Å². The number of hydrogen-bond acceptors (Lipinski definition) is 6. The number of esters is 1. The van der Waals surface area contributed by atoms with Crippen LogP contribution in [0.2, 0.25) is 0 Å². The first-order valence-corrected chi connectivity index (χ1v) is 7.73. The molecule has 2 rings (SSSR count). The Bertz CT molecular complexity index is 493. The predicted octanol–water partition coefficient (Wildman–Crippen LogP) is 2.46. The van der Waals surface area contributed by atoms with Gasteiger partial charge in [-0.1, -0.05) is 12.2 Å². The number of ether oxygens (including phenoxy) is 5. The molecule has 0 radical (unpaired) electrons. The monoisotopic (exact) mass is 324 g/mol. The lowest BCUT2D eigenvalue weighted by Crippen LogP contribution is -2.33. The topological polar surface area (TPSA) is 63.2 Å². The van der Waals surface area contributed by atoms with Gasteiger partial charge in [-0.3, -0.25) is 0 Å². The summed E-state index contributed by atoms with van der Waals surface area (Å²) in [5, 5.41) is 0. The molecule has 0 aromatic carbocycles. The van der Waals surface area contributed by atoms with Crippen LogP contribution in [0, 0.1) is 0 Å². The fourth-order valence-corrected chi connectivity index (χ4v) is 2.34. The molecule has 2 atom stereocenters. The normalized spacial score (nSPS) is 26.1. The summed E-state index contributed by atoms with van der Waals surface area (Å²) in [5.74, 6) is -0.780. The molecule has 6 heteroatoms. The highest BCUT2D eigenvalue weighted by molar-refractivity contribution is 5.89. The largest absolute Gasteiger partial charge is 0.490 e. The van der Waals surface area contributed by atoms with Crippen LogP contribution in [0.1, 0.15) is 26.7 Å². The third kappa shape index (κ3) is 4.36. The molecule has 6 nitrogen and oxygen atoms in total. The highest BCUT2D eigenvalue weighted by atomic mass is 16.8. The predicted molar refractivity (Wildman–Crippen MR) is 83.3 cm³/mol. The molecule has 1 saturated heterocycles. The van der Waals surface area contributed by atoms with E-state index < -0.39 is 24.0 Å². The number of rotatable bonds is 9. The number of hydrogen-bond donors (Lipinski definition) is 0. The van der Waals surface area contributed by atoms with Gasteiger partial charge in [-0.25, -0.2) is 4.79 Å². The third-order valence-corrected chi connectivity index (χ3v) is 3.42. The molecule has 2 aliphatic rings. The lowest BCUT2D eigenvalue weighted by Gasteiger charge is -2.21. The van der Waals surface area contributed by atoms with Crippen LogP contribution in [0.5, 0.6) is 0 Å². The Kier molecular flexibility index (Phi) is 5.85. The van der Waals surface area contributed by atoms with Crippen LogP contribution in [0.25, 0.3) is 0 Å². The first-order valence-electron chi connectivity index (χ1n) is 7.73. The summed E-state index contributed by atoms with van der Waals surface area (Å²) in [4.78, 5) is 12.1. The first kappa shape index (κ1) is 17.6. The second kappa shape index (κ2) is 7.66. The maximum atomic E-state index is 12.1. The summed E-state index contributed by atoms with van der Waals surface area (Å²) in [6.45, 7) is 11.9. The van der Waals surface area contributed by atoms with Gasteiger partial charge in [0.1, 0.15) is 6.10 Å². The minimum absolute atomic E-state index is 0.106. The van der Waals surface area contributed by atoms with Crippen LogP contribution in [0.3, 0.4) is 0 Å². The molecule has 0 spiro atoms. The minimum Gasteiger partial charge on any atom is -0.490 e. The molecule has 0 aromatic rings. The van der Waals surface area contributed by atoms with Crippen molar-refractivity contribution >= 4 is 5.97 Å². The van der Waals surface area contributed by atoms with E-state index in [1.165, 1.54) is 0 Å². The van der Waals surface area contributed by atoms with Crippen molar-refractivity contribution in [3.05, 3.63) is 36.8 Å². The van der Waals surface area contributed by atoms with Gasteiger partial charge in [0.2, 0.25) is 5.76 Å². The quantitative estimate of drug-likeness (QED) is 0.369. The van der Waals surface area contributed by atoms with Crippen LogP contribution in [-0.2, 0) is 28.5 Å². The van der Waals surface area contributed by atoms with E-state index in [0.29, 0.717) is 38.4 Å². The maximum Gasteiger partial charge on any atom is 0.378 e. The zero-order chi connectivity index (χ0) is 16.9. The Morgan fingerprint density at radius 3 is 2.43 bits per heavy atom. The van der Waals surface area contributed by atoms with E-state index >= 15 is 0 Å². The molecule has 0 N–H and O–H groups in total. The summed E-state index contributed by atoms with van der Waals surface area (Å²) < 4.78 is 28.0. The van der Waals surface area contributed by atoms with Crippen molar-refractivity contribution in [2.24, 2.45) is 0 Å². The Morgan fingerprint density at radius 2 is 1.87 bits per heavy atom. The molecule has 0 saturated carbocycles. The van der Waals surface area contributed by atoms with E-state index in [1.54, 1.807) is 12.2 Å². The van der Waals surface area contributed by atoms with Crippen molar-refractivity contribution in [3.63, 3.8) is 0 Å². The molecule has 0 aliphatic carbocycles. The smallest absolute Gasteiger partial charge is 0.378 e. The van der Waals surface area contributed by atoms with Crippen molar-refractivity contribution < 1.29 is 28.5 Å². The molecule has 128 valence electrons. The second-order valence-corrected chi connectivity index (χ2v) is 5.74. The van der Waals surface area contributed by atoms with Crippen LogP contribution in [0.4, 0.5) is 0 Å². The van der Waals surface area contributed by atoms with Gasteiger partial charge in [-0.15, -0.1) is 13.2 Å². The maximum absolute atomic E-state index is 12.1. The number of carbonyl (C=O) groups excluding carboxylic acids is 1. The summed E-state index contributed by atoms with van der Waals surface area (Å²) in [6, 6.07) is 0. The molecule has 23 heavy (non-hydrogen) atoms. The van der Waals surface area contributed by atoms with Gasteiger partial charge in [-0.2, -0.15) is 0 Å². The van der Waals surface area contributed by atoms with Gasteiger partial charge in [0.15, 0.2) is 17.7 Å². The van der Waals surface area contributed by atoms with Crippen molar-refractivity contribution in [1.82, 2.24) is 0 Å². The highest BCUT2D eigenvalue weighted by Crippen LogP contribution is 2.34. The third-order valence-electron chi connectivity index (χ3n) is 3.42. The van der Waals surface area contributed by atoms with Gasteiger partial charge in [0.05, 0.1) is 19.8 Å². The van der Waals surface area contributed by atoms with E-state index in [2.05, 4.69) is 13.2 Å². The van der Waals surface area contributed by atoms with E-state index in [4.69, 9.17) is 23.7 Å². The standard InChI is InChI=1S/C17H24O6/c1-5-7-9-19-14-13(12-11-21-17(3,4)23-12)22-16(18)15(14)20-10-8-6-2/h5-6,12-13H,1-2,7-11H2,3-4H3/t12-,13+/m1/s1. The summed E-state index contributed by atoms with van der Waals surface area (Å²) in [6.07, 6.45) is 3.65. The zero-order valence-corrected chi connectivity index (χ0v) is 13.7. The van der Waals surface area contributed by atoms with Gasteiger partial charge < -0.3 is 23.7 Å². The van der Waals surface area contributed by atoms with E-state index in [9.17, 15) is 4.79 Å². The van der Waals surface area contributed by atoms with Crippen LogP contribution < -0.4 is 0 Å². The van der Waals surface area contributed by atoms with E-state index in [0.717, 1.165) is 0 Å². The Morgan fingerprint density at radius 1 is 1.22 bits per heavy atom. The lowest BCUT2D eigenvalue weighted by molar-refractivity contribution is -0.163. The van der Waals surface area contributed by atoms with Crippen molar-refractivity contribution in [2.75, 3.05) is 19.8 Å². The SMILES string of the molecule is C=CCCOC1=C(OCCC=C)[C@H]([C@H]2COC(C)(C)O2)OC1=O. The van der Waals surface area contributed by atoms with Crippen LogP contribution >= 0.6 is 0 Å². The van der Waals surface area contributed by atoms with E-state index in [-0.39, 0.29) is 5.76 Å². The van der Waals surface area contributed by atoms with Crippen molar-refractivity contribution in [2.45, 2.75) is 44.7 Å². The summed E-state index contributed by atoms with van der Waals surface area (Å²) in [7, 11) is 0. The Hall–Kier alpha value is -1.79. The fraction of sp³-hybridized carbons (Fsp3) is 0.588. The average molecular weight is 324 g/mol. The molecule has 0 amide bonds. The number of cyclic esters (lactones) is 1. The molecule has 1 fully saturated rings. The average Bonchev–Trinajstić information content (AvgIpc) is 3.01. The second-order valence-electron chi connectivity index (χ2n) is 5.74. The lowest BCUT2D eigenvalue weighted by atomic mass is 10.2. The zero-order valence-electron chi connectivity index (χ0n) is 13.7. The van der Waals surface area contributed by atoms with Crippen molar-refractivity contribution in [3.8, 4) is 0 Å². The summed E-state index contributed by atoms with van der Waals surface area (Å²) in [5.41, 5.74) is 0.